The largest absolute Gasteiger partial charge is 0.490 e. The third-order valence-corrected chi connectivity index (χ3v) is 2.61. The van der Waals surface area contributed by atoms with Crippen molar-refractivity contribution in [1.82, 2.24) is 0 Å². The fraction of sp³-hybridized carbons (Fsp3) is 0.375. The molecule has 0 aliphatic heterocycles. The highest BCUT2D eigenvalue weighted by Gasteiger charge is 2.18. The van der Waals surface area contributed by atoms with E-state index in [0.29, 0.717) is 6.61 Å². The first-order chi connectivity index (χ1) is 8.43. The summed E-state index contributed by atoms with van der Waals surface area (Å²) in [5.41, 5.74) is 0.910. The molecule has 0 spiro atoms. The Morgan fingerprint density at radius 1 is 1.28 bits per heavy atom. The molecule has 0 saturated carbocycles. The monoisotopic (exact) mass is 246 g/mol. The lowest BCUT2D eigenvalue weighted by Crippen LogP contribution is -2.23. The summed E-state index contributed by atoms with van der Waals surface area (Å²) in [7, 11) is 0. The Labute approximate surface area is 110 Å². The summed E-state index contributed by atoms with van der Waals surface area (Å²) in [6, 6.07) is 7.74. The van der Waals surface area contributed by atoms with Crippen LogP contribution in [0.25, 0.3) is 6.08 Å². The predicted octanol–water partition coefficient (Wildman–Crippen LogP) is 3.67. The zero-order valence-electron chi connectivity index (χ0n) is 11.4. The van der Waals surface area contributed by atoms with Gasteiger partial charge in [-0.1, -0.05) is 57.7 Å². The SMILES string of the molecule is C=CCOc1ccc(/C=C/C(O)C(C)(C)C)cc1. The second-order valence-electron chi connectivity index (χ2n) is 5.34. The van der Waals surface area contributed by atoms with Gasteiger partial charge in [0.1, 0.15) is 12.4 Å². The van der Waals surface area contributed by atoms with Gasteiger partial charge in [-0.05, 0) is 23.1 Å². The van der Waals surface area contributed by atoms with E-state index in [9.17, 15) is 5.11 Å². The van der Waals surface area contributed by atoms with Gasteiger partial charge in [-0.15, -0.1) is 0 Å². The number of hydrogen-bond donors (Lipinski definition) is 1. The molecule has 98 valence electrons. The lowest BCUT2D eigenvalue weighted by Gasteiger charge is -2.22. The molecule has 0 aliphatic carbocycles. The Morgan fingerprint density at radius 3 is 2.39 bits per heavy atom. The Morgan fingerprint density at radius 2 is 1.89 bits per heavy atom. The van der Waals surface area contributed by atoms with Crippen molar-refractivity contribution >= 4 is 6.08 Å². The minimum absolute atomic E-state index is 0.135. The molecule has 1 unspecified atom stereocenters. The minimum Gasteiger partial charge on any atom is -0.490 e. The molecule has 0 fully saturated rings. The molecule has 1 aromatic carbocycles. The summed E-state index contributed by atoms with van der Waals surface area (Å²) < 4.78 is 5.40. The molecule has 0 saturated heterocycles. The van der Waals surface area contributed by atoms with E-state index in [1.165, 1.54) is 0 Å². The molecule has 1 rings (SSSR count). The second kappa shape index (κ2) is 6.41. The van der Waals surface area contributed by atoms with Crippen LogP contribution in [0.5, 0.6) is 5.75 Å². The smallest absolute Gasteiger partial charge is 0.119 e. The quantitative estimate of drug-likeness (QED) is 0.803. The molecule has 0 amide bonds. The number of aliphatic hydroxyl groups excluding tert-OH is 1. The molecule has 0 aliphatic rings. The van der Waals surface area contributed by atoms with Crippen molar-refractivity contribution in [3.05, 3.63) is 48.6 Å². The molecule has 0 radical (unpaired) electrons. The van der Waals surface area contributed by atoms with Crippen LogP contribution < -0.4 is 4.74 Å². The molecule has 0 aromatic heterocycles. The maximum Gasteiger partial charge on any atom is 0.119 e. The van der Waals surface area contributed by atoms with Gasteiger partial charge < -0.3 is 9.84 Å². The Hall–Kier alpha value is -1.54. The lowest BCUT2D eigenvalue weighted by molar-refractivity contribution is 0.106. The third kappa shape index (κ3) is 4.76. The van der Waals surface area contributed by atoms with Crippen molar-refractivity contribution in [2.24, 2.45) is 5.41 Å². The van der Waals surface area contributed by atoms with Gasteiger partial charge in [0.05, 0.1) is 6.10 Å². The first-order valence-corrected chi connectivity index (χ1v) is 6.13. The van der Waals surface area contributed by atoms with E-state index in [-0.39, 0.29) is 5.41 Å². The summed E-state index contributed by atoms with van der Waals surface area (Å²) in [5, 5.41) is 9.90. The molecular weight excluding hydrogens is 224 g/mol. The topological polar surface area (TPSA) is 29.5 Å². The van der Waals surface area contributed by atoms with E-state index in [0.717, 1.165) is 11.3 Å². The fourth-order valence-corrected chi connectivity index (χ4v) is 1.32. The molecular formula is C16H22O2. The van der Waals surface area contributed by atoms with Crippen LogP contribution >= 0.6 is 0 Å². The number of ether oxygens (including phenoxy) is 1. The summed E-state index contributed by atoms with van der Waals surface area (Å²) in [4.78, 5) is 0. The number of aliphatic hydroxyl groups is 1. The number of rotatable bonds is 5. The summed E-state index contributed by atoms with van der Waals surface area (Å²) >= 11 is 0. The molecule has 0 heterocycles. The molecule has 0 bridgehead atoms. The zero-order valence-corrected chi connectivity index (χ0v) is 11.4. The maximum absolute atomic E-state index is 9.90. The first kappa shape index (κ1) is 14.5. The summed E-state index contributed by atoms with van der Waals surface area (Å²) in [6.45, 7) is 10.1. The molecule has 1 aromatic rings. The van der Waals surface area contributed by atoms with Gasteiger partial charge in [-0.25, -0.2) is 0 Å². The Balaban J connectivity index is 2.63. The van der Waals surface area contributed by atoms with E-state index in [2.05, 4.69) is 6.58 Å². The van der Waals surface area contributed by atoms with Crippen molar-refractivity contribution in [2.75, 3.05) is 6.61 Å². The van der Waals surface area contributed by atoms with Crippen LogP contribution in [-0.2, 0) is 0 Å². The van der Waals surface area contributed by atoms with Crippen LogP contribution in [0.3, 0.4) is 0 Å². The van der Waals surface area contributed by atoms with Crippen molar-refractivity contribution < 1.29 is 9.84 Å². The van der Waals surface area contributed by atoms with Gasteiger partial charge in [-0.3, -0.25) is 0 Å². The minimum atomic E-state index is -0.450. The van der Waals surface area contributed by atoms with Crippen LogP contribution in [0.15, 0.2) is 43.0 Å². The molecule has 1 N–H and O–H groups in total. The Kier molecular flexibility index (Phi) is 5.17. The molecule has 2 heteroatoms. The van der Waals surface area contributed by atoms with Crippen molar-refractivity contribution in [2.45, 2.75) is 26.9 Å². The lowest BCUT2D eigenvalue weighted by atomic mass is 9.89. The van der Waals surface area contributed by atoms with Crippen molar-refractivity contribution in [1.29, 1.82) is 0 Å². The standard InChI is InChI=1S/C16H22O2/c1-5-12-18-14-9-6-13(7-10-14)8-11-15(17)16(2,3)4/h5-11,15,17H,1,12H2,2-4H3/b11-8+. The number of benzene rings is 1. The maximum atomic E-state index is 9.90. The van der Waals surface area contributed by atoms with Crippen LogP contribution in [0.2, 0.25) is 0 Å². The summed E-state index contributed by atoms with van der Waals surface area (Å²) in [5.74, 6) is 0.823. The van der Waals surface area contributed by atoms with E-state index >= 15 is 0 Å². The van der Waals surface area contributed by atoms with E-state index in [4.69, 9.17) is 4.74 Å². The van der Waals surface area contributed by atoms with Gasteiger partial charge in [0, 0.05) is 0 Å². The highest BCUT2D eigenvalue weighted by molar-refractivity contribution is 5.51. The predicted molar refractivity (Wildman–Crippen MR) is 76.6 cm³/mol. The van der Waals surface area contributed by atoms with Gasteiger partial charge >= 0.3 is 0 Å². The van der Waals surface area contributed by atoms with Gasteiger partial charge in [0.25, 0.3) is 0 Å². The van der Waals surface area contributed by atoms with Crippen molar-refractivity contribution in [3.63, 3.8) is 0 Å². The second-order valence-corrected chi connectivity index (χ2v) is 5.34. The van der Waals surface area contributed by atoms with E-state index in [1.54, 1.807) is 6.08 Å². The highest BCUT2D eigenvalue weighted by atomic mass is 16.5. The fourth-order valence-electron chi connectivity index (χ4n) is 1.32. The van der Waals surface area contributed by atoms with Crippen molar-refractivity contribution in [3.8, 4) is 5.75 Å². The first-order valence-electron chi connectivity index (χ1n) is 6.13. The normalized spacial score (nSPS) is 13.6. The summed E-state index contributed by atoms with van der Waals surface area (Å²) in [6.07, 6.45) is 5.01. The molecule has 18 heavy (non-hydrogen) atoms. The highest BCUT2D eigenvalue weighted by Crippen LogP contribution is 2.21. The van der Waals surface area contributed by atoms with Crippen LogP contribution in [0, 0.1) is 5.41 Å². The third-order valence-electron chi connectivity index (χ3n) is 2.61. The molecule has 2 nitrogen and oxygen atoms in total. The van der Waals surface area contributed by atoms with Gasteiger partial charge in [0.15, 0.2) is 0 Å². The van der Waals surface area contributed by atoms with E-state index in [1.807, 2.05) is 57.2 Å². The van der Waals surface area contributed by atoms with Crippen LogP contribution in [0.4, 0.5) is 0 Å². The van der Waals surface area contributed by atoms with Gasteiger partial charge in [-0.2, -0.15) is 0 Å². The average Bonchev–Trinajstić information content (AvgIpc) is 2.33. The van der Waals surface area contributed by atoms with Gasteiger partial charge in [0.2, 0.25) is 0 Å². The Bertz CT molecular complexity index is 396. The zero-order chi connectivity index (χ0) is 13.6. The van der Waals surface area contributed by atoms with Crippen LogP contribution in [0.1, 0.15) is 26.3 Å². The number of hydrogen-bond acceptors (Lipinski definition) is 2. The van der Waals surface area contributed by atoms with E-state index < -0.39 is 6.10 Å². The van der Waals surface area contributed by atoms with Crippen LogP contribution in [-0.4, -0.2) is 17.8 Å². The average molecular weight is 246 g/mol. The molecule has 1 atom stereocenters.